The Kier molecular flexibility index (Phi) is 6.85. The Bertz CT molecular complexity index is 1020. The fourth-order valence-electron chi connectivity index (χ4n) is 2.97. The normalized spacial score (nSPS) is 13.4. The summed E-state index contributed by atoms with van der Waals surface area (Å²) in [6, 6.07) is 7.78. The molecular formula is C20H24ClN3O3S. The molecular weight excluding hydrogens is 398 g/mol. The predicted molar refractivity (Wildman–Crippen MR) is 114 cm³/mol. The number of halogens is 1. The van der Waals surface area contributed by atoms with E-state index in [0.29, 0.717) is 11.3 Å². The Hall–Kier alpha value is -2.38. The monoisotopic (exact) mass is 421 g/mol. The number of hydrogen-bond acceptors (Lipinski definition) is 5. The van der Waals surface area contributed by atoms with Crippen molar-refractivity contribution >= 4 is 38.8 Å². The first-order valence-electron chi connectivity index (χ1n) is 8.80. The first-order valence-corrected chi connectivity index (χ1v) is 10.7. The Labute approximate surface area is 170 Å². The molecule has 0 bridgehead atoms. The van der Waals surface area contributed by atoms with Crippen molar-refractivity contribution in [2.24, 2.45) is 5.92 Å². The molecule has 0 spiro atoms. The van der Waals surface area contributed by atoms with Crippen LogP contribution < -0.4 is 10.5 Å². The number of hydrogen-bond donors (Lipinski definition) is 2. The standard InChI is InChI=1S/C20H24ClN3O3S/c1-5-17(12(2)3)13(4)28(26,27)24-18-10-15(21)11-23-19(18)20(25)14-7-6-8-16(22)9-14/h5-13,24H,22H2,1-4H3/b17-5-/t13-/m0/s1. The molecule has 2 rings (SSSR count). The lowest BCUT2D eigenvalue weighted by molar-refractivity contribution is 0.103. The highest BCUT2D eigenvalue weighted by molar-refractivity contribution is 7.93. The second kappa shape index (κ2) is 8.75. The molecule has 28 heavy (non-hydrogen) atoms. The molecule has 0 amide bonds. The van der Waals surface area contributed by atoms with E-state index in [9.17, 15) is 13.2 Å². The molecule has 0 aliphatic heterocycles. The Morgan fingerprint density at radius 1 is 1.25 bits per heavy atom. The van der Waals surface area contributed by atoms with Crippen LogP contribution in [-0.2, 0) is 10.0 Å². The molecule has 0 saturated heterocycles. The van der Waals surface area contributed by atoms with Crippen molar-refractivity contribution in [3.63, 3.8) is 0 Å². The minimum atomic E-state index is -3.83. The van der Waals surface area contributed by atoms with Crippen LogP contribution in [0.25, 0.3) is 0 Å². The topological polar surface area (TPSA) is 102 Å². The number of nitrogens with zero attached hydrogens (tertiary/aromatic N) is 1. The van der Waals surface area contributed by atoms with E-state index in [0.717, 1.165) is 5.57 Å². The minimum Gasteiger partial charge on any atom is -0.399 e. The third-order valence-electron chi connectivity index (χ3n) is 4.41. The van der Waals surface area contributed by atoms with Gasteiger partial charge in [-0.3, -0.25) is 9.52 Å². The van der Waals surface area contributed by atoms with Gasteiger partial charge in [-0.2, -0.15) is 0 Å². The Morgan fingerprint density at radius 2 is 1.93 bits per heavy atom. The Balaban J connectivity index is 2.46. The molecule has 1 heterocycles. The average molecular weight is 422 g/mol. The van der Waals surface area contributed by atoms with Crippen molar-refractivity contribution in [1.29, 1.82) is 0 Å². The maximum absolute atomic E-state index is 12.9. The number of sulfonamides is 1. The second-order valence-electron chi connectivity index (χ2n) is 6.74. The molecule has 1 aromatic heterocycles. The molecule has 1 atom stereocenters. The number of rotatable bonds is 7. The summed E-state index contributed by atoms with van der Waals surface area (Å²) in [5.74, 6) is -0.396. The van der Waals surface area contributed by atoms with Crippen LogP contribution in [0.1, 0.15) is 43.7 Å². The number of nitrogens with one attached hydrogen (secondary N) is 1. The van der Waals surface area contributed by atoms with E-state index < -0.39 is 21.1 Å². The van der Waals surface area contributed by atoms with Crippen LogP contribution in [0.4, 0.5) is 11.4 Å². The van der Waals surface area contributed by atoms with Crippen LogP contribution in [0.3, 0.4) is 0 Å². The van der Waals surface area contributed by atoms with Crippen molar-refractivity contribution in [1.82, 2.24) is 4.98 Å². The van der Waals surface area contributed by atoms with E-state index in [1.807, 2.05) is 13.8 Å². The van der Waals surface area contributed by atoms with Gasteiger partial charge in [0.2, 0.25) is 15.8 Å². The number of carbonyl (C=O) groups excluding carboxylic acids is 1. The number of pyridine rings is 1. The van der Waals surface area contributed by atoms with Crippen LogP contribution in [0.5, 0.6) is 0 Å². The summed E-state index contributed by atoms with van der Waals surface area (Å²) in [4.78, 5) is 16.9. The number of nitrogen functional groups attached to an aromatic ring is 1. The minimum absolute atomic E-state index is 0.0333. The summed E-state index contributed by atoms with van der Waals surface area (Å²) < 4.78 is 28.3. The van der Waals surface area contributed by atoms with Crippen LogP contribution in [0.15, 0.2) is 48.2 Å². The van der Waals surface area contributed by atoms with Crippen LogP contribution in [-0.4, -0.2) is 24.4 Å². The first-order chi connectivity index (χ1) is 13.1. The van der Waals surface area contributed by atoms with Gasteiger partial charge in [0.25, 0.3) is 0 Å². The molecule has 1 aromatic carbocycles. The van der Waals surface area contributed by atoms with Crippen molar-refractivity contribution in [2.45, 2.75) is 32.9 Å². The summed E-state index contributed by atoms with van der Waals surface area (Å²) >= 11 is 6.00. The zero-order chi connectivity index (χ0) is 21.1. The number of anilines is 2. The third kappa shape index (κ3) is 4.91. The average Bonchev–Trinajstić information content (AvgIpc) is 2.61. The lowest BCUT2D eigenvalue weighted by Crippen LogP contribution is -2.29. The van der Waals surface area contributed by atoms with E-state index in [1.54, 1.807) is 38.1 Å². The molecule has 3 N–H and O–H groups in total. The summed E-state index contributed by atoms with van der Waals surface area (Å²) in [5, 5.41) is -0.573. The third-order valence-corrected chi connectivity index (χ3v) is 6.32. The van der Waals surface area contributed by atoms with Gasteiger partial charge in [-0.05, 0) is 38.0 Å². The maximum Gasteiger partial charge on any atom is 0.239 e. The summed E-state index contributed by atoms with van der Waals surface area (Å²) in [6.07, 6.45) is 3.09. The van der Waals surface area contributed by atoms with E-state index in [4.69, 9.17) is 17.3 Å². The van der Waals surface area contributed by atoms with Gasteiger partial charge in [0.15, 0.2) is 0 Å². The maximum atomic E-state index is 12.9. The highest BCUT2D eigenvalue weighted by atomic mass is 35.5. The van der Waals surface area contributed by atoms with Crippen LogP contribution >= 0.6 is 11.6 Å². The van der Waals surface area contributed by atoms with E-state index >= 15 is 0 Å². The Morgan fingerprint density at radius 3 is 2.50 bits per heavy atom. The van der Waals surface area contributed by atoms with Gasteiger partial charge in [0.05, 0.1) is 16.0 Å². The summed E-state index contributed by atoms with van der Waals surface area (Å²) in [6.45, 7) is 7.26. The zero-order valence-corrected chi connectivity index (χ0v) is 17.8. The van der Waals surface area contributed by atoms with Crippen molar-refractivity contribution in [3.05, 3.63) is 64.5 Å². The molecule has 0 radical (unpaired) electrons. The second-order valence-corrected chi connectivity index (χ2v) is 9.17. The summed E-state index contributed by atoms with van der Waals surface area (Å²) in [7, 11) is -3.83. The number of allylic oxidation sites excluding steroid dienone is 1. The van der Waals surface area contributed by atoms with Gasteiger partial charge in [0, 0.05) is 17.4 Å². The predicted octanol–water partition coefficient (Wildman–Crippen LogP) is 4.28. The lowest BCUT2D eigenvalue weighted by atomic mass is 10.0. The smallest absolute Gasteiger partial charge is 0.239 e. The molecule has 0 saturated carbocycles. The number of aromatic nitrogens is 1. The molecule has 2 aromatic rings. The van der Waals surface area contributed by atoms with E-state index in [-0.39, 0.29) is 22.3 Å². The highest BCUT2D eigenvalue weighted by Gasteiger charge is 2.28. The van der Waals surface area contributed by atoms with Crippen molar-refractivity contribution in [2.75, 3.05) is 10.5 Å². The molecule has 0 aliphatic rings. The van der Waals surface area contributed by atoms with E-state index in [1.165, 1.54) is 18.3 Å². The van der Waals surface area contributed by atoms with Gasteiger partial charge < -0.3 is 5.73 Å². The number of nitrogens with two attached hydrogens (primary N) is 1. The van der Waals surface area contributed by atoms with Gasteiger partial charge in [0.1, 0.15) is 5.69 Å². The number of benzene rings is 1. The first kappa shape index (κ1) is 21.9. The lowest BCUT2D eigenvalue weighted by Gasteiger charge is -2.21. The summed E-state index contributed by atoms with van der Waals surface area (Å²) in [5.41, 5.74) is 7.23. The van der Waals surface area contributed by atoms with Crippen LogP contribution in [0.2, 0.25) is 5.02 Å². The molecule has 0 fully saturated rings. The van der Waals surface area contributed by atoms with Gasteiger partial charge in [-0.15, -0.1) is 0 Å². The highest BCUT2D eigenvalue weighted by Crippen LogP contribution is 2.26. The van der Waals surface area contributed by atoms with Crippen molar-refractivity contribution < 1.29 is 13.2 Å². The molecule has 150 valence electrons. The molecule has 0 aliphatic carbocycles. The number of carbonyl (C=O) groups is 1. The van der Waals surface area contributed by atoms with Crippen LogP contribution in [0, 0.1) is 5.92 Å². The molecule has 8 heteroatoms. The van der Waals surface area contributed by atoms with E-state index in [2.05, 4.69) is 9.71 Å². The quantitative estimate of drug-likeness (QED) is 0.394. The molecule has 6 nitrogen and oxygen atoms in total. The van der Waals surface area contributed by atoms with Gasteiger partial charge >= 0.3 is 0 Å². The molecule has 0 unspecified atom stereocenters. The SMILES string of the molecule is C/C=C(/C(C)C)[C@H](C)S(=O)(=O)Nc1cc(Cl)cnc1C(=O)c1cccc(N)c1. The number of ketones is 1. The zero-order valence-electron chi connectivity index (χ0n) is 16.2. The van der Waals surface area contributed by atoms with Gasteiger partial charge in [-0.25, -0.2) is 13.4 Å². The fraction of sp³-hybridized carbons (Fsp3) is 0.300. The fourth-order valence-corrected chi connectivity index (χ4v) is 4.54. The van der Waals surface area contributed by atoms with Crippen molar-refractivity contribution in [3.8, 4) is 0 Å². The van der Waals surface area contributed by atoms with Gasteiger partial charge in [-0.1, -0.05) is 49.2 Å². The largest absolute Gasteiger partial charge is 0.399 e.